The topological polar surface area (TPSA) is 40.5 Å². The lowest BCUT2D eigenvalue weighted by atomic mass is 10.1. The zero-order valence-corrected chi connectivity index (χ0v) is 8.89. The van der Waals surface area contributed by atoms with Gasteiger partial charge in [0.1, 0.15) is 5.75 Å². The summed E-state index contributed by atoms with van der Waals surface area (Å²) in [5.41, 5.74) is 1.83. The molecule has 0 spiro atoms. The van der Waals surface area contributed by atoms with Gasteiger partial charge in [-0.15, -0.1) is 0 Å². The van der Waals surface area contributed by atoms with Gasteiger partial charge in [-0.05, 0) is 44.0 Å². The van der Waals surface area contributed by atoms with Gasteiger partial charge in [0.25, 0.3) is 0 Å². The van der Waals surface area contributed by atoms with Gasteiger partial charge in [0.15, 0.2) is 0 Å². The van der Waals surface area contributed by atoms with Crippen molar-refractivity contribution in [2.24, 2.45) is 0 Å². The van der Waals surface area contributed by atoms with E-state index in [4.69, 9.17) is 21.8 Å². The number of rotatable bonds is 0. The first-order valence-electron chi connectivity index (χ1n) is 4.09. The number of aromatic hydroxyl groups is 1. The van der Waals surface area contributed by atoms with E-state index in [0.29, 0.717) is 0 Å². The Balaban J connectivity index is 0.000000424. The number of phenols is 1. The fourth-order valence-corrected chi connectivity index (χ4v) is 1.03. The van der Waals surface area contributed by atoms with Crippen molar-refractivity contribution >= 4 is 11.6 Å². The van der Waals surface area contributed by atoms with Crippen LogP contribution in [0.15, 0.2) is 12.1 Å². The molecule has 3 heteroatoms. The second kappa shape index (κ2) is 5.84. The van der Waals surface area contributed by atoms with Crippen LogP contribution in [0, 0.1) is 13.8 Å². The predicted molar refractivity (Wildman–Crippen MR) is 55.4 cm³/mol. The molecule has 0 radical (unpaired) electrons. The van der Waals surface area contributed by atoms with E-state index in [9.17, 15) is 0 Å². The highest BCUT2D eigenvalue weighted by molar-refractivity contribution is 6.32. The maximum absolute atomic E-state index is 9.06. The van der Waals surface area contributed by atoms with Crippen molar-refractivity contribution in [2.75, 3.05) is 6.61 Å². The van der Waals surface area contributed by atoms with Gasteiger partial charge in [-0.2, -0.15) is 0 Å². The van der Waals surface area contributed by atoms with Crippen molar-refractivity contribution in [3.8, 4) is 5.75 Å². The van der Waals surface area contributed by atoms with Crippen LogP contribution in [0.2, 0.25) is 5.02 Å². The predicted octanol–water partition coefficient (Wildman–Crippen LogP) is 2.66. The van der Waals surface area contributed by atoms with E-state index in [1.165, 1.54) is 0 Å². The highest BCUT2D eigenvalue weighted by Crippen LogP contribution is 2.24. The van der Waals surface area contributed by atoms with E-state index in [1.54, 1.807) is 19.1 Å². The van der Waals surface area contributed by atoms with Crippen molar-refractivity contribution in [3.05, 3.63) is 28.3 Å². The molecule has 74 valence electrons. The second-order valence-corrected chi connectivity index (χ2v) is 3.09. The van der Waals surface area contributed by atoms with Crippen LogP contribution < -0.4 is 0 Å². The first-order valence-corrected chi connectivity index (χ1v) is 4.47. The van der Waals surface area contributed by atoms with E-state index in [-0.39, 0.29) is 12.4 Å². The van der Waals surface area contributed by atoms with Crippen LogP contribution in [0.1, 0.15) is 18.1 Å². The number of hydrogen-bond donors (Lipinski definition) is 2. The first kappa shape index (κ1) is 12.3. The fraction of sp³-hybridized carbons (Fsp3) is 0.400. The Hall–Kier alpha value is -0.730. The highest BCUT2D eigenvalue weighted by atomic mass is 35.5. The Bertz CT molecular complexity index is 249. The molecule has 0 aliphatic carbocycles. The lowest BCUT2D eigenvalue weighted by molar-refractivity contribution is 0.318. The van der Waals surface area contributed by atoms with Gasteiger partial charge in [-0.25, -0.2) is 0 Å². The maximum Gasteiger partial charge on any atom is 0.116 e. The van der Waals surface area contributed by atoms with Crippen molar-refractivity contribution in [3.63, 3.8) is 0 Å². The lowest BCUT2D eigenvalue weighted by Gasteiger charge is -2.01. The molecule has 0 unspecified atom stereocenters. The van der Waals surface area contributed by atoms with Crippen molar-refractivity contribution in [1.82, 2.24) is 0 Å². The molecule has 2 N–H and O–H groups in total. The SMILES string of the molecule is CCO.Cc1cc(O)cc(C)c1Cl. The maximum atomic E-state index is 9.06. The molecule has 0 aromatic heterocycles. The number of halogens is 1. The molecule has 0 aliphatic heterocycles. The largest absolute Gasteiger partial charge is 0.508 e. The monoisotopic (exact) mass is 202 g/mol. The third kappa shape index (κ3) is 4.15. The fourth-order valence-electron chi connectivity index (χ4n) is 0.923. The summed E-state index contributed by atoms with van der Waals surface area (Å²) >= 11 is 5.84. The van der Waals surface area contributed by atoms with Gasteiger partial charge >= 0.3 is 0 Å². The third-order valence-corrected chi connectivity index (χ3v) is 2.02. The summed E-state index contributed by atoms with van der Waals surface area (Å²) in [5, 5.41) is 17.4. The average molecular weight is 203 g/mol. The molecule has 1 aromatic carbocycles. The molecule has 0 amide bonds. The summed E-state index contributed by atoms with van der Waals surface area (Å²) in [6, 6.07) is 3.30. The Kier molecular flexibility index (Phi) is 5.51. The molecule has 1 rings (SSSR count). The smallest absolute Gasteiger partial charge is 0.116 e. The van der Waals surface area contributed by atoms with Crippen molar-refractivity contribution in [2.45, 2.75) is 20.8 Å². The van der Waals surface area contributed by atoms with E-state index >= 15 is 0 Å². The molecule has 0 bridgehead atoms. The molecule has 13 heavy (non-hydrogen) atoms. The third-order valence-electron chi connectivity index (χ3n) is 1.42. The van der Waals surface area contributed by atoms with Crippen LogP contribution in [-0.4, -0.2) is 16.8 Å². The van der Waals surface area contributed by atoms with Gasteiger partial charge in [0.05, 0.1) is 0 Å². The number of aliphatic hydroxyl groups is 1. The van der Waals surface area contributed by atoms with Gasteiger partial charge in [-0.1, -0.05) is 11.6 Å². The Morgan fingerprint density at radius 1 is 1.23 bits per heavy atom. The zero-order chi connectivity index (χ0) is 10.4. The minimum absolute atomic E-state index is 0.250. The van der Waals surface area contributed by atoms with Crippen LogP contribution >= 0.6 is 11.6 Å². The number of benzene rings is 1. The summed E-state index contributed by atoms with van der Waals surface area (Å²) in [4.78, 5) is 0. The Labute approximate surface area is 83.8 Å². The minimum atomic E-state index is 0.250. The second-order valence-electron chi connectivity index (χ2n) is 2.71. The van der Waals surface area contributed by atoms with Gasteiger partial charge in [0, 0.05) is 11.6 Å². The van der Waals surface area contributed by atoms with E-state index in [0.717, 1.165) is 16.1 Å². The van der Waals surface area contributed by atoms with Crippen LogP contribution in [0.5, 0.6) is 5.75 Å². The first-order chi connectivity index (χ1) is 6.02. The molecular formula is C10H15ClO2. The van der Waals surface area contributed by atoms with Gasteiger partial charge in [0.2, 0.25) is 0 Å². The van der Waals surface area contributed by atoms with Crippen LogP contribution in [0.4, 0.5) is 0 Å². The van der Waals surface area contributed by atoms with Crippen molar-refractivity contribution in [1.29, 1.82) is 0 Å². The Morgan fingerprint density at radius 2 is 1.54 bits per heavy atom. The molecule has 0 heterocycles. The summed E-state index contributed by atoms with van der Waals surface area (Å²) in [6.07, 6.45) is 0. The highest BCUT2D eigenvalue weighted by Gasteiger charge is 1.99. The normalized spacial score (nSPS) is 9.00. The number of phenolic OH excluding ortho intramolecular Hbond substituents is 1. The number of hydrogen-bond acceptors (Lipinski definition) is 2. The molecular weight excluding hydrogens is 188 g/mol. The van der Waals surface area contributed by atoms with Crippen LogP contribution in [0.3, 0.4) is 0 Å². The number of aliphatic hydroxyl groups excluding tert-OH is 1. The quantitative estimate of drug-likeness (QED) is 0.679. The molecule has 0 aliphatic rings. The molecule has 0 saturated heterocycles. The standard InChI is InChI=1S/C8H9ClO.C2H6O/c1-5-3-7(10)4-6(2)8(5)9;1-2-3/h3-4,10H,1-2H3;3H,2H2,1H3. The van der Waals surface area contributed by atoms with E-state index in [1.807, 2.05) is 13.8 Å². The zero-order valence-electron chi connectivity index (χ0n) is 8.13. The van der Waals surface area contributed by atoms with Crippen LogP contribution in [-0.2, 0) is 0 Å². The molecule has 0 fully saturated rings. The lowest BCUT2D eigenvalue weighted by Crippen LogP contribution is -1.79. The average Bonchev–Trinajstić information content (AvgIpc) is 2.01. The van der Waals surface area contributed by atoms with E-state index < -0.39 is 0 Å². The molecule has 2 nitrogen and oxygen atoms in total. The summed E-state index contributed by atoms with van der Waals surface area (Å²) in [6.45, 7) is 5.67. The molecule has 0 atom stereocenters. The van der Waals surface area contributed by atoms with Crippen molar-refractivity contribution < 1.29 is 10.2 Å². The molecule has 1 aromatic rings. The van der Waals surface area contributed by atoms with E-state index in [2.05, 4.69) is 0 Å². The summed E-state index contributed by atoms with van der Waals surface area (Å²) in [5.74, 6) is 0.277. The summed E-state index contributed by atoms with van der Waals surface area (Å²) < 4.78 is 0. The van der Waals surface area contributed by atoms with Gasteiger partial charge in [-0.3, -0.25) is 0 Å². The van der Waals surface area contributed by atoms with Gasteiger partial charge < -0.3 is 10.2 Å². The Morgan fingerprint density at radius 3 is 1.85 bits per heavy atom. The number of aryl methyl sites for hydroxylation is 2. The molecule has 0 saturated carbocycles. The minimum Gasteiger partial charge on any atom is -0.508 e. The van der Waals surface area contributed by atoms with Crippen LogP contribution in [0.25, 0.3) is 0 Å². The summed E-state index contributed by atoms with van der Waals surface area (Å²) in [7, 11) is 0.